The van der Waals surface area contributed by atoms with Crippen molar-refractivity contribution >= 4 is 11.6 Å². The number of anilines is 1. The van der Waals surface area contributed by atoms with Gasteiger partial charge in [0.1, 0.15) is 0 Å². The van der Waals surface area contributed by atoms with Crippen LogP contribution >= 0.6 is 0 Å². The summed E-state index contributed by atoms with van der Waals surface area (Å²) in [7, 11) is 1.70. The molecule has 0 radical (unpaired) electrons. The maximum atomic E-state index is 11.8. The minimum atomic E-state index is 0.00373. The zero-order valence-electron chi connectivity index (χ0n) is 12.3. The molecule has 0 aliphatic carbocycles. The van der Waals surface area contributed by atoms with Crippen molar-refractivity contribution in [3.05, 3.63) is 24.0 Å². The molecule has 1 fully saturated rings. The molecule has 5 heteroatoms. The van der Waals surface area contributed by atoms with E-state index in [1.807, 2.05) is 12.3 Å². The highest BCUT2D eigenvalue weighted by atomic mass is 16.1. The summed E-state index contributed by atoms with van der Waals surface area (Å²) >= 11 is 0. The van der Waals surface area contributed by atoms with Crippen molar-refractivity contribution in [2.45, 2.75) is 32.2 Å². The van der Waals surface area contributed by atoms with Gasteiger partial charge in [-0.2, -0.15) is 0 Å². The van der Waals surface area contributed by atoms with Crippen molar-refractivity contribution in [2.75, 3.05) is 25.0 Å². The van der Waals surface area contributed by atoms with Crippen LogP contribution in [0.4, 0.5) is 5.69 Å². The lowest BCUT2D eigenvalue weighted by Gasteiger charge is -2.33. The Morgan fingerprint density at radius 1 is 1.60 bits per heavy atom. The maximum Gasteiger partial charge on any atom is 0.224 e. The van der Waals surface area contributed by atoms with E-state index >= 15 is 0 Å². The second-order valence-corrected chi connectivity index (χ2v) is 5.36. The Kier molecular flexibility index (Phi) is 4.95. The van der Waals surface area contributed by atoms with Crippen molar-refractivity contribution in [2.24, 2.45) is 11.7 Å². The minimum absolute atomic E-state index is 0.00373. The Labute approximate surface area is 120 Å². The SMILES string of the molecule is CC[C@@H](N)c1ccc(N2CCCC(C(=O)NC)C2)cn1. The highest BCUT2D eigenvalue weighted by Gasteiger charge is 2.25. The van der Waals surface area contributed by atoms with Crippen LogP contribution in [-0.4, -0.2) is 31.0 Å². The number of nitrogens with one attached hydrogen (secondary N) is 1. The molecule has 0 aromatic carbocycles. The quantitative estimate of drug-likeness (QED) is 0.873. The number of carbonyl (C=O) groups excluding carboxylic acids is 1. The molecule has 1 aliphatic heterocycles. The Balaban J connectivity index is 2.05. The third-order valence-electron chi connectivity index (χ3n) is 3.99. The molecule has 0 bridgehead atoms. The topological polar surface area (TPSA) is 71.2 Å². The second kappa shape index (κ2) is 6.70. The first-order chi connectivity index (χ1) is 9.65. The van der Waals surface area contributed by atoms with Crippen LogP contribution in [-0.2, 0) is 4.79 Å². The van der Waals surface area contributed by atoms with Gasteiger partial charge in [0.15, 0.2) is 0 Å². The number of nitrogens with two attached hydrogens (primary N) is 1. The molecule has 1 unspecified atom stereocenters. The first-order valence-corrected chi connectivity index (χ1v) is 7.33. The van der Waals surface area contributed by atoms with Crippen LogP contribution in [0.15, 0.2) is 18.3 Å². The normalized spacial score (nSPS) is 20.6. The molecule has 1 saturated heterocycles. The van der Waals surface area contributed by atoms with Crippen molar-refractivity contribution in [1.29, 1.82) is 0 Å². The van der Waals surface area contributed by atoms with Crippen molar-refractivity contribution in [3.63, 3.8) is 0 Å². The Bertz CT molecular complexity index is 446. The number of rotatable bonds is 4. The number of piperidine rings is 1. The molecule has 2 atom stereocenters. The molecule has 110 valence electrons. The van der Waals surface area contributed by atoms with Crippen LogP contribution in [0.2, 0.25) is 0 Å². The molecule has 5 nitrogen and oxygen atoms in total. The maximum absolute atomic E-state index is 11.8. The van der Waals surface area contributed by atoms with E-state index in [4.69, 9.17) is 5.73 Å². The number of hydrogen-bond acceptors (Lipinski definition) is 4. The minimum Gasteiger partial charge on any atom is -0.369 e. The molecular weight excluding hydrogens is 252 g/mol. The Morgan fingerprint density at radius 2 is 2.40 bits per heavy atom. The van der Waals surface area contributed by atoms with Gasteiger partial charge in [0, 0.05) is 26.2 Å². The van der Waals surface area contributed by atoms with Gasteiger partial charge in [-0.05, 0) is 31.4 Å². The van der Waals surface area contributed by atoms with Crippen molar-refractivity contribution in [3.8, 4) is 0 Å². The van der Waals surface area contributed by atoms with Crippen LogP contribution in [0, 0.1) is 5.92 Å². The van der Waals surface area contributed by atoms with Gasteiger partial charge < -0.3 is 16.0 Å². The number of hydrogen-bond donors (Lipinski definition) is 2. The summed E-state index contributed by atoms with van der Waals surface area (Å²) in [6.45, 7) is 3.80. The summed E-state index contributed by atoms with van der Waals surface area (Å²) in [5, 5.41) is 2.74. The lowest BCUT2D eigenvalue weighted by Crippen LogP contribution is -2.42. The fourth-order valence-corrected chi connectivity index (χ4v) is 2.64. The molecule has 3 N–H and O–H groups in total. The average Bonchev–Trinajstić information content (AvgIpc) is 2.53. The summed E-state index contributed by atoms with van der Waals surface area (Å²) in [5.41, 5.74) is 7.98. The Morgan fingerprint density at radius 3 is 3.00 bits per heavy atom. The third-order valence-corrected chi connectivity index (χ3v) is 3.99. The van der Waals surface area contributed by atoms with E-state index in [0.29, 0.717) is 0 Å². The van der Waals surface area contributed by atoms with Gasteiger partial charge in [-0.3, -0.25) is 9.78 Å². The van der Waals surface area contributed by atoms with Crippen LogP contribution in [0.1, 0.15) is 37.9 Å². The fraction of sp³-hybridized carbons (Fsp3) is 0.600. The summed E-state index contributed by atoms with van der Waals surface area (Å²) in [5.74, 6) is 0.207. The predicted molar refractivity (Wildman–Crippen MR) is 80.5 cm³/mol. The molecule has 0 saturated carbocycles. The summed E-state index contributed by atoms with van der Waals surface area (Å²) < 4.78 is 0. The smallest absolute Gasteiger partial charge is 0.224 e. The zero-order chi connectivity index (χ0) is 14.5. The highest BCUT2D eigenvalue weighted by Crippen LogP contribution is 2.23. The first kappa shape index (κ1) is 14.8. The number of amides is 1. The molecule has 1 aliphatic rings. The van der Waals surface area contributed by atoms with Gasteiger partial charge in [-0.15, -0.1) is 0 Å². The summed E-state index contributed by atoms with van der Waals surface area (Å²) in [4.78, 5) is 18.4. The van der Waals surface area contributed by atoms with E-state index < -0.39 is 0 Å². The molecule has 1 aromatic rings. The molecule has 2 heterocycles. The largest absolute Gasteiger partial charge is 0.369 e. The van der Waals surface area contributed by atoms with Crippen molar-refractivity contribution < 1.29 is 4.79 Å². The standard InChI is InChI=1S/C15H24N4O/c1-3-13(16)14-7-6-12(9-18-14)19-8-4-5-11(10-19)15(20)17-2/h6-7,9,11,13H,3-5,8,10,16H2,1-2H3,(H,17,20)/t11?,13-/m1/s1. The van der Waals surface area contributed by atoms with Crippen LogP contribution in [0.25, 0.3) is 0 Å². The lowest BCUT2D eigenvalue weighted by molar-refractivity contribution is -0.124. The van der Waals surface area contributed by atoms with E-state index in [2.05, 4.69) is 28.2 Å². The van der Waals surface area contributed by atoms with E-state index in [1.165, 1.54) is 0 Å². The molecule has 20 heavy (non-hydrogen) atoms. The van der Waals surface area contributed by atoms with Gasteiger partial charge >= 0.3 is 0 Å². The number of carbonyl (C=O) groups is 1. The second-order valence-electron chi connectivity index (χ2n) is 5.36. The van der Waals surface area contributed by atoms with Crippen LogP contribution in [0.3, 0.4) is 0 Å². The first-order valence-electron chi connectivity index (χ1n) is 7.33. The third kappa shape index (κ3) is 3.28. The number of pyridine rings is 1. The summed E-state index contributed by atoms with van der Waals surface area (Å²) in [6.07, 6.45) is 4.75. The molecule has 2 rings (SSSR count). The number of nitrogens with zero attached hydrogens (tertiary/aromatic N) is 2. The van der Waals surface area contributed by atoms with Crippen molar-refractivity contribution in [1.82, 2.24) is 10.3 Å². The monoisotopic (exact) mass is 276 g/mol. The molecule has 1 aromatic heterocycles. The van der Waals surface area contributed by atoms with Crippen LogP contribution in [0.5, 0.6) is 0 Å². The molecule has 1 amide bonds. The van der Waals surface area contributed by atoms with E-state index in [-0.39, 0.29) is 17.9 Å². The van der Waals surface area contributed by atoms with Gasteiger partial charge in [0.25, 0.3) is 0 Å². The average molecular weight is 276 g/mol. The van der Waals surface area contributed by atoms with Gasteiger partial charge in [-0.1, -0.05) is 6.92 Å². The van der Waals surface area contributed by atoms with E-state index in [0.717, 1.165) is 43.7 Å². The summed E-state index contributed by atoms with van der Waals surface area (Å²) in [6, 6.07) is 4.06. The zero-order valence-corrected chi connectivity index (χ0v) is 12.3. The van der Waals surface area contributed by atoms with Gasteiger partial charge in [0.2, 0.25) is 5.91 Å². The predicted octanol–water partition coefficient (Wildman–Crippen LogP) is 1.45. The van der Waals surface area contributed by atoms with Gasteiger partial charge in [-0.25, -0.2) is 0 Å². The van der Waals surface area contributed by atoms with E-state index in [9.17, 15) is 4.79 Å². The fourth-order valence-electron chi connectivity index (χ4n) is 2.64. The Hall–Kier alpha value is -1.62. The molecule has 0 spiro atoms. The lowest BCUT2D eigenvalue weighted by atomic mass is 9.97. The van der Waals surface area contributed by atoms with E-state index in [1.54, 1.807) is 7.05 Å². The number of aromatic nitrogens is 1. The van der Waals surface area contributed by atoms with Gasteiger partial charge in [0.05, 0.1) is 23.5 Å². The molecular formula is C15H24N4O. The van der Waals surface area contributed by atoms with Crippen LogP contribution < -0.4 is 16.0 Å². The highest BCUT2D eigenvalue weighted by molar-refractivity contribution is 5.79.